The van der Waals surface area contributed by atoms with Gasteiger partial charge in [-0.3, -0.25) is 14.4 Å². The van der Waals surface area contributed by atoms with Crippen molar-refractivity contribution in [1.82, 2.24) is 0 Å². The molecule has 0 aromatic rings. The van der Waals surface area contributed by atoms with E-state index < -0.39 is 24.0 Å². The molecular weight excluding hydrogens is 432 g/mol. The molecule has 0 aliphatic rings. The van der Waals surface area contributed by atoms with Crippen LogP contribution in [0.15, 0.2) is 0 Å². The van der Waals surface area contributed by atoms with Crippen molar-refractivity contribution in [2.24, 2.45) is 0 Å². The van der Waals surface area contributed by atoms with Crippen molar-refractivity contribution in [3.8, 4) is 0 Å². The van der Waals surface area contributed by atoms with Crippen LogP contribution in [0.4, 0.5) is 0 Å². The minimum Gasteiger partial charge on any atom is -0.481 e. The van der Waals surface area contributed by atoms with Gasteiger partial charge in [-0.1, -0.05) is 58.3 Å². The molecule has 0 heterocycles. The molecule has 33 heavy (non-hydrogen) atoms. The predicted octanol–water partition coefficient (Wildman–Crippen LogP) is 4.47. The van der Waals surface area contributed by atoms with E-state index >= 15 is 0 Å². The Balaban J connectivity index is -0.000000416. The Morgan fingerprint density at radius 2 is 1.00 bits per heavy atom. The molecule has 2 unspecified atom stereocenters. The van der Waals surface area contributed by atoms with Crippen LogP contribution in [0.25, 0.3) is 0 Å². The summed E-state index contributed by atoms with van der Waals surface area (Å²) in [5.41, 5.74) is 0. The molecule has 2 atom stereocenters. The van der Waals surface area contributed by atoms with Gasteiger partial charge >= 0.3 is 17.9 Å². The van der Waals surface area contributed by atoms with Crippen molar-refractivity contribution >= 4 is 17.9 Å². The maximum atomic E-state index is 10.1. The second kappa shape index (κ2) is 28.3. The highest BCUT2D eigenvalue weighted by atomic mass is 16.5. The van der Waals surface area contributed by atoms with E-state index in [0.29, 0.717) is 25.9 Å². The number of carboxylic acid groups (broad SMARTS) is 3. The van der Waals surface area contributed by atoms with Crippen LogP contribution in [0.3, 0.4) is 0 Å². The molecule has 198 valence electrons. The summed E-state index contributed by atoms with van der Waals surface area (Å²) < 4.78 is 4.95. The van der Waals surface area contributed by atoms with Gasteiger partial charge in [0.1, 0.15) is 0 Å². The first-order valence-corrected chi connectivity index (χ1v) is 12.1. The van der Waals surface area contributed by atoms with Crippen LogP contribution in [-0.2, 0) is 19.1 Å². The van der Waals surface area contributed by atoms with Crippen molar-refractivity contribution in [3.05, 3.63) is 0 Å². The summed E-state index contributed by atoms with van der Waals surface area (Å²) in [6.45, 7) is 5.87. The topological polar surface area (TPSA) is 162 Å². The number of hydrogen-bond acceptors (Lipinski definition) is 6. The molecule has 5 N–H and O–H groups in total. The monoisotopic (exact) mass is 480 g/mol. The first-order chi connectivity index (χ1) is 15.6. The molecule has 9 heteroatoms. The van der Waals surface area contributed by atoms with E-state index in [2.05, 4.69) is 6.92 Å². The molecule has 9 nitrogen and oxygen atoms in total. The van der Waals surface area contributed by atoms with Crippen LogP contribution in [0.5, 0.6) is 0 Å². The molecule has 0 bridgehead atoms. The minimum absolute atomic E-state index is 0.00667. The highest BCUT2D eigenvalue weighted by Gasteiger charge is 2.01. The van der Waals surface area contributed by atoms with E-state index in [0.717, 1.165) is 32.1 Å². The van der Waals surface area contributed by atoms with Gasteiger partial charge in [-0.15, -0.1) is 0 Å². The molecule has 0 amide bonds. The summed E-state index contributed by atoms with van der Waals surface area (Å²) in [7, 11) is 0. The van der Waals surface area contributed by atoms with Crippen molar-refractivity contribution in [2.45, 2.75) is 123 Å². The van der Waals surface area contributed by atoms with Gasteiger partial charge in [-0.05, 0) is 33.1 Å². The summed E-state index contributed by atoms with van der Waals surface area (Å²) in [4.78, 5) is 30.3. The molecule has 0 aromatic heterocycles. The van der Waals surface area contributed by atoms with Crippen LogP contribution in [-0.4, -0.2) is 68.9 Å². The number of aliphatic hydroxyl groups is 2. The zero-order valence-electron chi connectivity index (χ0n) is 20.8. The Bertz CT molecular complexity index is 435. The number of unbranched alkanes of at least 4 members (excludes halogenated alkanes) is 9. The highest BCUT2D eigenvalue weighted by Crippen LogP contribution is 2.07. The number of ether oxygens (including phenoxy) is 1. The van der Waals surface area contributed by atoms with E-state index in [4.69, 9.17) is 30.3 Å². The van der Waals surface area contributed by atoms with Crippen LogP contribution >= 0.6 is 0 Å². The number of aliphatic hydroxyl groups excluding tert-OH is 2. The average Bonchev–Trinajstić information content (AvgIpc) is 2.74. The zero-order valence-corrected chi connectivity index (χ0v) is 20.8. The number of hydrogen-bond donors (Lipinski definition) is 5. The van der Waals surface area contributed by atoms with Crippen molar-refractivity contribution in [2.75, 3.05) is 13.2 Å². The molecule has 0 aliphatic carbocycles. The lowest BCUT2D eigenvalue weighted by Gasteiger charge is -2.10. The second-order valence-corrected chi connectivity index (χ2v) is 8.14. The van der Waals surface area contributed by atoms with Gasteiger partial charge in [0.25, 0.3) is 0 Å². The molecule has 0 saturated heterocycles. The Labute approximate surface area is 199 Å². The van der Waals surface area contributed by atoms with Gasteiger partial charge in [-0.25, -0.2) is 0 Å². The first-order valence-electron chi connectivity index (χ1n) is 12.1. The number of aliphatic carboxylic acids is 3. The highest BCUT2D eigenvalue weighted by molar-refractivity contribution is 5.67. The standard InChI is InChI=1S/C9H16O4.C9H18O2.C6H14O3/c10-8(11)6-4-2-1-3-5-7-9(12)13;1-2-3-4-5-6-7-8-9(10)11;1-5(8)4-9-6(2)3-7/h1-7H2,(H,10,11)(H,12,13);2-8H2,1H3,(H,10,11);5-8H,3-4H2,1-2H3. The third-order valence-corrected chi connectivity index (χ3v) is 4.40. The molecule has 0 aliphatic heterocycles. The Hall–Kier alpha value is -1.71. The maximum absolute atomic E-state index is 10.1. The van der Waals surface area contributed by atoms with Gasteiger partial charge in [0, 0.05) is 19.3 Å². The lowest BCUT2D eigenvalue weighted by atomic mass is 10.1. The van der Waals surface area contributed by atoms with Crippen LogP contribution in [0, 0.1) is 0 Å². The SMILES string of the molecule is CC(O)COC(C)CO.CCCCCCCCC(=O)O.O=C(O)CCCCCCCC(=O)O. The molecule has 0 radical (unpaired) electrons. The van der Waals surface area contributed by atoms with Crippen LogP contribution in [0.1, 0.15) is 111 Å². The predicted molar refractivity (Wildman–Crippen MR) is 127 cm³/mol. The molecule has 0 saturated carbocycles. The van der Waals surface area contributed by atoms with Gasteiger partial charge in [0.15, 0.2) is 0 Å². The lowest BCUT2D eigenvalue weighted by Crippen LogP contribution is -2.19. The summed E-state index contributed by atoms with van der Waals surface area (Å²) in [6.07, 6.45) is 11.2. The summed E-state index contributed by atoms with van der Waals surface area (Å²) >= 11 is 0. The zero-order chi connectivity index (χ0) is 25.9. The normalized spacial score (nSPS) is 11.9. The fourth-order valence-electron chi connectivity index (χ4n) is 2.50. The van der Waals surface area contributed by atoms with E-state index in [9.17, 15) is 14.4 Å². The number of carbonyl (C=O) groups is 3. The Morgan fingerprint density at radius 3 is 1.27 bits per heavy atom. The van der Waals surface area contributed by atoms with Gasteiger partial charge in [0.05, 0.1) is 25.4 Å². The number of carboxylic acids is 3. The minimum atomic E-state index is -0.759. The van der Waals surface area contributed by atoms with E-state index in [1.807, 2.05) is 0 Å². The molecule has 0 rings (SSSR count). The molecule has 0 aromatic carbocycles. The average molecular weight is 481 g/mol. The fraction of sp³-hybridized carbons (Fsp3) is 0.875. The van der Waals surface area contributed by atoms with Gasteiger partial charge < -0.3 is 30.3 Å². The summed E-state index contributed by atoms with van der Waals surface area (Å²) in [5, 5.41) is 42.1. The number of rotatable bonds is 19. The lowest BCUT2D eigenvalue weighted by molar-refractivity contribution is -0.138. The van der Waals surface area contributed by atoms with Crippen LogP contribution in [0.2, 0.25) is 0 Å². The Morgan fingerprint density at radius 1 is 0.667 bits per heavy atom. The molecular formula is C24H48O9. The first kappa shape index (κ1) is 35.9. The van der Waals surface area contributed by atoms with Crippen molar-refractivity contribution in [1.29, 1.82) is 0 Å². The van der Waals surface area contributed by atoms with Crippen LogP contribution < -0.4 is 0 Å². The van der Waals surface area contributed by atoms with Crippen molar-refractivity contribution in [3.63, 3.8) is 0 Å². The van der Waals surface area contributed by atoms with Crippen molar-refractivity contribution < 1.29 is 44.7 Å². The van der Waals surface area contributed by atoms with E-state index in [1.165, 1.54) is 25.7 Å². The Kier molecular flexibility index (Phi) is 30.8. The molecule has 0 spiro atoms. The third kappa shape index (κ3) is 44.7. The van der Waals surface area contributed by atoms with E-state index in [-0.39, 0.29) is 25.6 Å². The largest absolute Gasteiger partial charge is 0.481 e. The quantitative estimate of drug-likeness (QED) is 0.168. The smallest absolute Gasteiger partial charge is 0.303 e. The summed E-state index contributed by atoms with van der Waals surface area (Å²) in [5.74, 6) is -2.18. The second-order valence-electron chi connectivity index (χ2n) is 8.14. The third-order valence-electron chi connectivity index (χ3n) is 4.40. The van der Waals surface area contributed by atoms with Gasteiger partial charge in [-0.2, -0.15) is 0 Å². The van der Waals surface area contributed by atoms with Gasteiger partial charge in [0.2, 0.25) is 0 Å². The molecule has 0 fully saturated rings. The maximum Gasteiger partial charge on any atom is 0.303 e. The van der Waals surface area contributed by atoms with E-state index in [1.54, 1.807) is 13.8 Å². The fourth-order valence-corrected chi connectivity index (χ4v) is 2.50. The summed E-state index contributed by atoms with van der Waals surface area (Å²) in [6, 6.07) is 0.